The summed E-state index contributed by atoms with van der Waals surface area (Å²) in [6.07, 6.45) is 13.9. The van der Waals surface area contributed by atoms with Gasteiger partial charge in [0.05, 0.1) is 35.7 Å². The molecule has 4 heteroatoms. The molecule has 2 aliphatic rings. The molecule has 11 aromatic rings. The summed E-state index contributed by atoms with van der Waals surface area (Å²) in [6.45, 7) is 11.5. The highest BCUT2D eigenvalue weighted by Gasteiger charge is 2.49. The van der Waals surface area contributed by atoms with E-state index in [1.807, 2.05) is 36.4 Å². The molecule has 0 radical (unpaired) electrons. The number of fused-ring (bicyclic) bond motifs is 6. The van der Waals surface area contributed by atoms with Crippen LogP contribution in [0.25, 0.3) is 67.5 Å². The second-order valence-corrected chi connectivity index (χ2v) is 21.8. The molecule has 0 N–H and O–H groups in total. The Labute approximate surface area is 482 Å². The summed E-state index contributed by atoms with van der Waals surface area (Å²) in [6, 6.07) is 88.7. The molecular formula is C78H66N2O2. The van der Waals surface area contributed by atoms with Gasteiger partial charge in [0.2, 0.25) is 0 Å². The van der Waals surface area contributed by atoms with E-state index in [1.165, 1.54) is 60.9 Å². The molecule has 0 fully saturated rings. The SMILES string of the molecule is C=Cc1ccc(OCCCCCCOc2ccc3c(c2)c2cc(-c4ccc(N(c5ccc(-c6ccccc6)cc5)C5C=C6C(=CC5)c5ccccc5C6(c5ccc(C)cc5)c5ccc(C=C)cc5)cc4)ccc2n3-c2ccccc2)cc1. The summed E-state index contributed by atoms with van der Waals surface area (Å²) in [5.74, 6) is 1.79. The second-order valence-electron chi connectivity index (χ2n) is 21.8. The lowest BCUT2D eigenvalue weighted by Crippen LogP contribution is -2.34. The molecule has 4 nitrogen and oxygen atoms in total. The van der Waals surface area contributed by atoms with Gasteiger partial charge in [0.25, 0.3) is 0 Å². The van der Waals surface area contributed by atoms with Crippen LogP contribution < -0.4 is 14.4 Å². The van der Waals surface area contributed by atoms with E-state index in [0.29, 0.717) is 13.2 Å². The number of aryl methyl sites for hydroxylation is 1. The lowest BCUT2D eigenvalue weighted by molar-refractivity contribution is 0.288. The number of benzene rings is 10. The van der Waals surface area contributed by atoms with Crippen molar-refractivity contribution in [1.82, 2.24) is 4.57 Å². The molecule has 13 rings (SSSR count). The van der Waals surface area contributed by atoms with Gasteiger partial charge in [0.15, 0.2) is 0 Å². The number of allylic oxidation sites excluding steroid dienone is 2. The lowest BCUT2D eigenvalue weighted by Gasteiger charge is -2.39. The molecule has 1 aromatic heterocycles. The summed E-state index contributed by atoms with van der Waals surface area (Å²) in [5.41, 5.74) is 21.1. The van der Waals surface area contributed by atoms with Gasteiger partial charge in [-0.2, -0.15) is 0 Å². The van der Waals surface area contributed by atoms with Crippen LogP contribution in [0.4, 0.5) is 11.4 Å². The van der Waals surface area contributed by atoms with Crippen molar-refractivity contribution < 1.29 is 9.47 Å². The largest absolute Gasteiger partial charge is 0.494 e. The molecule has 2 atom stereocenters. The zero-order valence-electron chi connectivity index (χ0n) is 46.6. The van der Waals surface area contributed by atoms with Crippen LogP contribution in [-0.2, 0) is 5.41 Å². The van der Waals surface area contributed by atoms with Crippen LogP contribution in [0.2, 0.25) is 0 Å². The fraction of sp³-hybridized carbons (Fsp3) is 0.128. The van der Waals surface area contributed by atoms with Crippen LogP contribution in [-0.4, -0.2) is 23.8 Å². The average molecular weight is 1060 g/mol. The highest BCUT2D eigenvalue weighted by Crippen LogP contribution is 2.59. The number of ether oxygens (including phenoxy) is 2. The van der Waals surface area contributed by atoms with E-state index in [1.54, 1.807) is 0 Å². The summed E-state index contributed by atoms with van der Waals surface area (Å²) in [4.78, 5) is 2.56. The number of para-hydroxylation sites is 1. The first-order valence-electron chi connectivity index (χ1n) is 29.0. The minimum atomic E-state index is -0.535. The number of hydrogen-bond donors (Lipinski definition) is 0. The molecule has 1 heterocycles. The summed E-state index contributed by atoms with van der Waals surface area (Å²) < 4.78 is 14.8. The minimum absolute atomic E-state index is 0.00183. The van der Waals surface area contributed by atoms with Crippen molar-refractivity contribution in [2.75, 3.05) is 18.1 Å². The quantitative estimate of drug-likeness (QED) is 0.0755. The molecule has 0 saturated heterocycles. The molecule has 0 spiro atoms. The average Bonchev–Trinajstić information content (AvgIpc) is 3.99. The van der Waals surface area contributed by atoms with E-state index >= 15 is 0 Å². The predicted octanol–water partition coefficient (Wildman–Crippen LogP) is 20.0. The minimum Gasteiger partial charge on any atom is -0.494 e. The van der Waals surface area contributed by atoms with Crippen LogP contribution in [0.15, 0.2) is 274 Å². The van der Waals surface area contributed by atoms with Crippen molar-refractivity contribution in [3.63, 3.8) is 0 Å². The molecule has 2 unspecified atom stereocenters. The van der Waals surface area contributed by atoms with Crippen molar-refractivity contribution in [2.24, 2.45) is 0 Å². The van der Waals surface area contributed by atoms with Crippen LogP contribution in [0, 0.1) is 6.92 Å². The lowest BCUT2D eigenvalue weighted by atomic mass is 9.66. The molecule has 0 amide bonds. The first kappa shape index (κ1) is 51.8. The Morgan fingerprint density at radius 3 is 1.66 bits per heavy atom. The fourth-order valence-electron chi connectivity index (χ4n) is 12.7. The zero-order valence-corrected chi connectivity index (χ0v) is 46.6. The first-order chi connectivity index (χ1) is 40.5. The topological polar surface area (TPSA) is 26.6 Å². The monoisotopic (exact) mass is 1060 g/mol. The predicted molar refractivity (Wildman–Crippen MR) is 345 cm³/mol. The van der Waals surface area contributed by atoms with Gasteiger partial charge in [0.1, 0.15) is 11.5 Å². The third-order valence-corrected chi connectivity index (χ3v) is 16.8. The second kappa shape index (κ2) is 22.8. The smallest absolute Gasteiger partial charge is 0.120 e. The molecule has 0 saturated carbocycles. The van der Waals surface area contributed by atoms with E-state index in [2.05, 4.69) is 260 Å². The van der Waals surface area contributed by atoms with Gasteiger partial charge in [-0.1, -0.05) is 207 Å². The van der Waals surface area contributed by atoms with Crippen LogP contribution >= 0.6 is 0 Å². The van der Waals surface area contributed by atoms with Crippen LogP contribution in [0.5, 0.6) is 11.5 Å². The Morgan fingerprint density at radius 2 is 1.01 bits per heavy atom. The molecule has 0 bridgehead atoms. The van der Waals surface area contributed by atoms with E-state index in [9.17, 15) is 0 Å². The van der Waals surface area contributed by atoms with Gasteiger partial charge in [-0.05, 0) is 185 Å². The number of rotatable bonds is 19. The first-order valence-corrected chi connectivity index (χ1v) is 29.0. The third kappa shape index (κ3) is 9.85. The number of anilines is 2. The van der Waals surface area contributed by atoms with Gasteiger partial charge < -0.3 is 18.9 Å². The highest BCUT2D eigenvalue weighted by atomic mass is 16.5. The Bertz CT molecular complexity index is 4130. The molecule has 82 heavy (non-hydrogen) atoms. The maximum atomic E-state index is 6.49. The van der Waals surface area contributed by atoms with Crippen molar-refractivity contribution in [3.8, 4) is 39.4 Å². The molecule has 10 aromatic carbocycles. The van der Waals surface area contributed by atoms with E-state index < -0.39 is 5.41 Å². The van der Waals surface area contributed by atoms with E-state index in [0.717, 1.165) is 94.0 Å². The van der Waals surface area contributed by atoms with Gasteiger partial charge >= 0.3 is 0 Å². The van der Waals surface area contributed by atoms with Gasteiger partial charge in [-0.25, -0.2) is 0 Å². The third-order valence-electron chi connectivity index (χ3n) is 16.8. The number of unbranched alkanes of at least 4 members (excludes halogenated alkanes) is 3. The zero-order chi connectivity index (χ0) is 55.4. The standard InChI is InChI=1S/C78H66N2O2/c1-4-56-26-37-63(38-27-56)78(62-35-24-55(3)25-36-62)74-23-15-14-22-70(74)71-47-43-67(53-75(71)78)79(65-39-30-59(31-40-65)58-18-10-8-11-19-58)66-41-32-60(33-42-66)61-34-48-76-72(52-61)73-54-69(46-49-77(73)80(76)64-20-12-9-13-21-64)82-51-17-7-6-16-50-81-68-44-28-57(5-2)29-45-68/h4-5,8-15,18-42,44-49,52-54,67H,1-2,6-7,16-17,43,50-51H2,3H3. The Morgan fingerprint density at radius 1 is 0.500 bits per heavy atom. The van der Waals surface area contributed by atoms with Gasteiger partial charge in [0, 0.05) is 27.8 Å². The molecule has 2 aliphatic carbocycles. The number of hydrogen-bond acceptors (Lipinski definition) is 3. The Kier molecular flexibility index (Phi) is 14.4. The van der Waals surface area contributed by atoms with E-state index in [-0.39, 0.29) is 6.04 Å². The Hall–Kier alpha value is -9.64. The fourth-order valence-corrected chi connectivity index (χ4v) is 12.7. The number of aromatic nitrogens is 1. The molecular weight excluding hydrogens is 997 g/mol. The normalized spacial score (nSPS) is 15.3. The van der Waals surface area contributed by atoms with Crippen LogP contribution in [0.1, 0.15) is 71.0 Å². The van der Waals surface area contributed by atoms with Gasteiger partial charge in [-0.3, -0.25) is 0 Å². The number of nitrogens with zero attached hydrogens (tertiary/aromatic N) is 2. The summed E-state index contributed by atoms with van der Waals surface area (Å²) in [5, 5.41) is 2.36. The molecule has 400 valence electrons. The van der Waals surface area contributed by atoms with Crippen molar-refractivity contribution in [3.05, 3.63) is 312 Å². The van der Waals surface area contributed by atoms with Crippen molar-refractivity contribution >= 4 is 50.9 Å². The summed E-state index contributed by atoms with van der Waals surface area (Å²) >= 11 is 0. The maximum absolute atomic E-state index is 6.49. The Balaban J connectivity index is 0.835. The van der Waals surface area contributed by atoms with Crippen molar-refractivity contribution in [1.29, 1.82) is 0 Å². The highest BCUT2D eigenvalue weighted by molar-refractivity contribution is 6.11. The van der Waals surface area contributed by atoms with E-state index in [4.69, 9.17) is 9.47 Å². The maximum Gasteiger partial charge on any atom is 0.120 e. The van der Waals surface area contributed by atoms with Crippen molar-refractivity contribution in [2.45, 2.75) is 50.5 Å². The molecule has 0 aliphatic heterocycles. The van der Waals surface area contributed by atoms with Gasteiger partial charge in [-0.15, -0.1) is 0 Å². The summed E-state index contributed by atoms with van der Waals surface area (Å²) in [7, 11) is 0. The van der Waals surface area contributed by atoms with Crippen LogP contribution in [0.3, 0.4) is 0 Å².